The molecule has 0 unspecified atom stereocenters. The lowest BCUT2D eigenvalue weighted by Crippen LogP contribution is -2.18. The molecule has 10 heteroatoms. The van der Waals surface area contributed by atoms with Crippen LogP contribution in [0.5, 0.6) is 11.6 Å². The molecule has 2 aromatic carbocycles. The number of ether oxygens (including phenoxy) is 1. The summed E-state index contributed by atoms with van der Waals surface area (Å²) in [6, 6.07) is 14.0. The third kappa shape index (κ3) is 5.50. The van der Waals surface area contributed by atoms with Crippen molar-refractivity contribution in [1.82, 2.24) is 10.4 Å². The van der Waals surface area contributed by atoms with Crippen molar-refractivity contribution >= 4 is 41.0 Å². The molecule has 0 aliphatic rings. The maximum atomic E-state index is 12.1. The number of hydrazone groups is 1. The highest BCUT2D eigenvalue weighted by Gasteiger charge is 2.09. The third-order valence-electron chi connectivity index (χ3n) is 3.59. The Morgan fingerprint density at radius 2 is 1.90 bits per heavy atom. The van der Waals surface area contributed by atoms with Crippen LogP contribution in [0.4, 0.5) is 5.69 Å². The molecule has 0 saturated heterocycles. The predicted octanol–water partition coefficient (Wildman–Crippen LogP) is 4.85. The van der Waals surface area contributed by atoms with Gasteiger partial charge in [0.2, 0.25) is 5.88 Å². The van der Waals surface area contributed by atoms with E-state index in [1.807, 2.05) is 0 Å². The van der Waals surface area contributed by atoms with E-state index in [-0.39, 0.29) is 22.2 Å². The molecule has 0 fully saturated rings. The Hall–Kier alpha value is -3.49. The number of hydrogen-bond acceptors (Lipinski definition) is 6. The molecule has 0 radical (unpaired) electrons. The van der Waals surface area contributed by atoms with Crippen LogP contribution in [0, 0.1) is 10.1 Å². The third-order valence-corrected chi connectivity index (χ3v) is 4.14. The predicted molar refractivity (Wildman–Crippen MR) is 109 cm³/mol. The molecule has 3 aromatic rings. The Morgan fingerprint density at radius 1 is 1.14 bits per heavy atom. The topological polar surface area (TPSA) is 107 Å². The van der Waals surface area contributed by atoms with Crippen molar-refractivity contribution in [2.75, 3.05) is 0 Å². The van der Waals surface area contributed by atoms with Gasteiger partial charge in [-0.1, -0.05) is 23.2 Å². The summed E-state index contributed by atoms with van der Waals surface area (Å²) in [4.78, 5) is 26.0. The van der Waals surface area contributed by atoms with Crippen LogP contribution in [-0.2, 0) is 0 Å². The zero-order valence-corrected chi connectivity index (χ0v) is 16.1. The van der Waals surface area contributed by atoms with Gasteiger partial charge in [0.05, 0.1) is 21.7 Å². The van der Waals surface area contributed by atoms with E-state index in [0.717, 1.165) is 6.20 Å². The molecule has 0 atom stereocenters. The normalized spacial score (nSPS) is 10.7. The van der Waals surface area contributed by atoms with Crippen LogP contribution < -0.4 is 10.2 Å². The number of pyridine rings is 1. The zero-order chi connectivity index (χ0) is 20.8. The van der Waals surface area contributed by atoms with Crippen molar-refractivity contribution in [3.63, 3.8) is 0 Å². The van der Waals surface area contributed by atoms with Gasteiger partial charge in [-0.2, -0.15) is 5.10 Å². The van der Waals surface area contributed by atoms with E-state index in [4.69, 9.17) is 27.9 Å². The number of rotatable bonds is 6. The van der Waals surface area contributed by atoms with Crippen LogP contribution in [0.25, 0.3) is 0 Å². The van der Waals surface area contributed by atoms with Gasteiger partial charge in [-0.05, 0) is 48.0 Å². The van der Waals surface area contributed by atoms with E-state index < -0.39 is 10.8 Å². The Kier molecular flexibility index (Phi) is 6.38. The van der Waals surface area contributed by atoms with Crippen molar-refractivity contribution in [2.24, 2.45) is 5.10 Å². The van der Waals surface area contributed by atoms with Gasteiger partial charge in [0.15, 0.2) is 0 Å². The highest BCUT2D eigenvalue weighted by atomic mass is 35.5. The van der Waals surface area contributed by atoms with Crippen molar-refractivity contribution in [1.29, 1.82) is 0 Å². The van der Waals surface area contributed by atoms with Gasteiger partial charge in [-0.15, -0.1) is 0 Å². The minimum Gasteiger partial charge on any atom is -0.439 e. The van der Waals surface area contributed by atoms with Gasteiger partial charge in [0, 0.05) is 17.2 Å². The summed E-state index contributed by atoms with van der Waals surface area (Å²) < 4.78 is 5.52. The maximum absolute atomic E-state index is 12.1. The van der Waals surface area contributed by atoms with Crippen LogP contribution in [0.2, 0.25) is 10.0 Å². The minimum atomic E-state index is -0.537. The standard InChI is InChI=1S/C19H12Cl2N4O4/c20-13-3-7-16(17(21)9-13)19(26)24-23-10-12-1-5-15(6-2-12)29-18-8-4-14(11-22-18)25(27)28/h1-11H,(H,24,26). The SMILES string of the molecule is O=C(NN=Cc1ccc(Oc2ccc([N+](=O)[O-])cn2)cc1)c1ccc(Cl)cc1Cl. The number of hydrogen-bond donors (Lipinski definition) is 1. The van der Waals surface area contributed by atoms with E-state index >= 15 is 0 Å². The van der Waals surface area contributed by atoms with Crippen LogP contribution >= 0.6 is 23.2 Å². The Bertz CT molecular complexity index is 1070. The molecule has 1 heterocycles. The van der Waals surface area contributed by atoms with Gasteiger partial charge >= 0.3 is 0 Å². The molecule has 3 rings (SSSR count). The van der Waals surface area contributed by atoms with Crippen molar-refractivity contribution in [3.05, 3.63) is 92.1 Å². The molecule has 1 amide bonds. The highest BCUT2D eigenvalue weighted by Crippen LogP contribution is 2.22. The summed E-state index contributed by atoms with van der Waals surface area (Å²) in [5, 5.41) is 15.2. The summed E-state index contributed by atoms with van der Waals surface area (Å²) in [6.45, 7) is 0. The number of amides is 1. The molecule has 0 aliphatic carbocycles. The van der Waals surface area contributed by atoms with Crippen LogP contribution in [0.15, 0.2) is 65.9 Å². The molecule has 1 N–H and O–H groups in total. The van der Waals surface area contributed by atoms with E-state index in [9.17, 15) is 14.9 Å². The van der Waals surface area contributed by atoms with Crippen LogP contribution in [0.1, 0.15) is 15.9 Å². The molecule has 29 heavy (non-hydrogen) atoms. The number of nitro groups is 1. The van der Waals surface area contributed by atoms with Gasteiger partial charge in [-0.3, -0.25) is 14.9 Å². The second-order valence-corrected chi connectivity index (χ2v) is 6.45. The summed E-state index contributed by atoms with van der Waals surface area (Å²) in [5.74, 6) is 0.247. The lowest BCUT2D eigenvalue weighted by molar-refractivity contribution is -0.385. The minimum absolute atomic E-state index is 0.120. The first-order valence-electron chi connectivity index (χ1n) is 8.09. The molecular weight excluding hydrogens is 419 g/mol. The van der Waals surface area contributed by atoms with E-state index in [1.165, 1.54) is 30.5 Å². The summed E-state index contributed by atoms with van der Waals surface area (Å²) in [7, 11) is 0. The molecular formula is C19H12Cl2N4O4. The summed E-state index contributed by atoms with van der Waals surface area (Å²) >= 11 is 11.8. The maximum Gasteiger partial charge on any atom is 0.287 e. The van der Waals surface area contributed by atoms with Gasteiger partial charge < -0.3 is 4.74 Å². The van der Waals surface area contributed by atoms with E-state index in [2.05, 4.69) is 15.5 Å². The average Bonchev–Trinajstić information content (AvgIpc) is 2.69. The highest BCUT2D eigenvalue weighted by molar-refractivity contribution is 6.36. The first-order chi connectivity index (χ1) is 13.9. The second-order valence-electron chi connectivity index (χ2n) is 5.61. The fourth-order valence-electron chi connectivity index (χ4n) is 2.18. The number of nitrogens with zero attached hydrogens (tertiary/aromatic N) is 3. The monoisotopic (exact) mass is 430 g/mol. The fraction of sp³-hybridized carbons (Fsp3) is 0. The zero-order valence-electron chi connectivity index (χ0n) is 14.6. The van der Waals surface area contributed by atoms with E-state index in [0.29, 0.717) is 16.3 Å². The van der Waals surface area contributed by atoms with Gasteiger partial charge in [0.1, 0.15) is 11.9 Å². The number of carbonyl (C=O) groups is 1. The quantitative estimate of drug-likeness (QED) is 0.341. The Morgan fingerprint density at radius 3 is 2.52 bits per heavy atom. The lowest BCUT2D eigenvalue weighted by atomic mass is 10.2. The van der Waals surface area contributed by atoms with Crippen molar-refractivity contribution in [2.45, 2.75) is 0 Å². The molecule has 0 saturated carbocycles. The molecule has 8 nitrogen and oxygen atoms in total. The molecule has 0 spiro atoms. The lowest BCUT2D eigenvalue weighted by Gasteiger charge is -2.05. The molecule has 0 bridgehead atoms. The molecule has 146 valence electrons. The number of nitrogens with one attached hydrogen (secondary N) is 1. The van der Waals surface area contributed by atoms with Gasteiger partial charge in [0.25, 0.3) is 11.6 Å². The summed E-state index contributed by atoms with van der Waals surface area (Å²) in [5.41, 5.74) is 3.23. The average molecular weight is 431 g/mol. The largest absolute Gasteiger partial charge is 0.439 e. The number of halogens is 2. The number of benzene rings is 2. The Labute approximate surface area is 174 Å². The van der Waals surface area contributed by atoms with E-state index in [1.54, 1.807) is 30.3 Å². The molecule has 1 aromatic heterocycles. The number of carbonyl (C=O) groups excluding carboxylic acids is 1. The van der Waals surface area contributed by atoms with Gasteiger partial charge in [-0.25, -0.2) is 10.4 Å². The smallest absolute Gasteiger partial charge is 0.287 e. The van der Waals surface area contributed by atoms with Crippen molar-refractivity contribution in [3.8, 4) is 11.6 Å². The first-order valence-corrected chi connectivity index (χ1v) is 8.85. The Balaban J connectivity index is 1.58. The number of aromatic nitrogens is 1. The van der Waals surface area contributed by atoms with Crippen LogP contribution in [0.3, 0.4) is 0 Å². The van der Waals surface area contributed by atoms with Crippen LogP contribution in [-0.4, -0.2) is 22.0 Å². The fourth-order valence-corrected chi connectivity index (χ4v) is 2.68. The second kappa shape index (κ2) is 9.13. The molecule has 0 aliphatic heterocycles. The van der Waals surface area contributed by atoms with Crippen molar-refractivity contribution < 1.29 is 14.5 Å². The first kappa shape index (κ1) is 20.2. The summed E-state index contributed by atoms with van der Waals surface area (Å²) in [6.07, 6.45) is 2.57.